The van der Waals surface area contributed by atoms with Crippen LogP contribution >= 0.6 is 0 Å². The lowest BCUT2D eigenvalue weighted by Gasteiger charge is -2.24. The fraction of sp³-hybridized carbons (Fsp3) is 1.00. The minimum absolute atomic E-state index is 0.349. The molecule has 0 aromatic heterocycles. The van der Waals surface area contributed by atoms with Gasteiger partial charge in [0.15, 0.2) is 0 Å². The summed E-state index contributed by atoms with van der Waals surface area (Å²) < 4.78 is 5.49. The van der Waals surface area contributed by atoms with E-state index in [0.717, 1.165) is 13.0 Å². The zero-order valence-corrected chi connectivity index (χ0v) is 12.0. The summed E-state index contributed by atoms with van der Waals surface area (Å²) in [6.07, 6.45) is 11.1. The van der Waals surface area contributed by atoms with Crippen LogP contribution in [0.4, 0.5) is 0 Å². The Bertz CT molecular complexity index is 181. The normalized spacial score (nSPS) is 19.0. The fourth-order valence-electron chi connectivity index (χ4n) is 2.52. The van der Waals surface area contributed by atoms with Crippen LogP contribution in [-0.4, -0.2) is 37.0 Å². The van der Waals surface area contributed by atoms with Crippen molar-refractivity contribution in [3.8, 4) is 0 Å². The molecule has 1 fully saturated rings. The van der Waals surface area contributed by atoms with Gasteiger partial charge < -0.3 is 15.2 Å². The highest BCUT2D eigenvalue weighted by atomic mass is 16.5. The van der Waals surface area contributed by atoms with Crippen molar-refractivity contribution in [1.29, 1.82) is 0 Å². The van der Waals surface area contributed by atoms with Gasteiger partial charge in [0, 0.05) is 19.2 Å². The van der Waals surface area contributed by atoms with E-state index in [1.165, 1.54) is 51.4 Å². The molecule has 3 heteroatoms. The van der Waals surface area contributed by atoms with Crippen molar-refractivity contribution in [3.05, 3.63) is 0 Å². The largest absolute Gasteiger partial charge is 0.389 e. The summed E-state index contributed by atoms with van der Waals surface area (Å²) in [4.78, 5) is 0. The van der Waals surface area contributed by atoms with Gasteiger partial charge in [-0.25, -0.2) is 0 Å². The lowest BCUT2D eigenvalue weighted by molar-refractivity contribution is 0.0335. The van der Waals surface area contributed by atoms with Crippen LogP contribution < -0.4 is 5.32 Å². The first-order chi connectivity index (χ1) is 8.83. The number of hydrogen-bond donors (Lipinski definition) is 2. The number of nitrogens with one attached hydrogen (secondary N) is 1. The Morgan fingerprint density at radius 1 is 1.17 bits per heavy atom. The number of ether oxygens (including phenoxy) is 1. The highest BCUT2D eigenvalue weighted by Crippen LogP contribution is 2.17. The standard InChI is InChI=1S/C15H31NO2/c1-2-3-4-8-11-18-13-15(17)12-16-14-9-6-5-7-10-14/h14-17H,2-13H2,1H3. The molecule has 1 aliphatic rings. The van der Waals surface area contributed by atoms with E-state index in [0.29, 0.717) is 19.2 Å². The summed E-state index contributed by atoms with van der Waals surface area (Å²) >= 11 is 0. The van der Waals surface area contributed by atoms with E-state index in [1.807, 2.05) is 0 Å². The molecule has 0 aliphatic heterocycles. The molecular formula is C15H31NO2. The van der Waals surface area contributed by atoms with Crippen LogP contribution in [0.25, 0.3) is 0 Å². The van der Waals surface area contributed by atoms with E-state index in [1.54, 1.807) is 0 Å². The number of aliphatic hydroxyl groups excluding tert-OH is 1. The summed E-state index contributed by atoms with van der Waals surface area (Å²) in [6.45, 7) is 4.16. The van der Waals surface area contributed by atoms with Crippen molar-refractivity contribution in [2.24, 2.45) is 0 Å². The Kier molecular flexibility index (Phi) is 9.54. The van der Waals surface area contributed by atoms with Crippen molar-refractivity contribution in [2.75, 3.05) is 19.8 Å². The monoisotopic (exact) mass is 257 g/mol. The molecule has 0 radical (unpaired) electrons. The van der Waals surface area contributed by atoms with Gasteiger partial charge in [-0.3, -0.25) is 0 Å². The van der Waals surface area contributed by atoms with E-state index in [9.17, 15) is 5.11 Å². The van der Waals surface area contributed by atoms with Gasteiger partial charge in [0.1, 0.15) is 0 Å². The average molecular weight is 257 g/mol. The zero-order valence-electron chi connectivity index (χ0n) is 12.0. The summed E-state index contributed by atoms with van der Waals surface area (Å²) in [5, 5.41) is 13.2. The number of unbranched alkanes of at least 4 members (excludes halogenated alkanes) is 3. The van der Waals surface area contributed by atoms with Gasteiger partial charge in [-0.2, -0.15) is 0 Å². The topological polar surface area (TPSA) is 41.5 Å². The minimum atomic E-state index is -0.349. The molecule has 0 aromatic rings. The van der Waals surface area contributed by atoms with Crippen LogP contribution in [0.15, 0.2) is 0 Å². The van der Waals surface area contributed by atoms with Gasteiger partial charge in [0.05, 0.1) is 12.7 Å². The molecule has 1 rings (SSSR count). The summed E-state index contributed by atoms with van der Waals surface area (Å²) in [7, 11) is 0. The van der Waals surface area contributed by atoms with Crippen LogP contribution in [0.2, 0.25) is 0 Å². The molecular weight excluding hydrogens is 226 g/mol. The smallest absolute Gasteiger partial charge is 0.0897 e. The van der Waals surface area contributed by atoms with Gasteiger partial charge in [0.25, 0.3) is 0 Å². The molecule has 18 heavy (non-hydrogen) atoms. The first-order valence-corrected chi connectivity index (χ1v) is 7.82. The van der Waals surface area contributed by atoms with Crippen LogP contribution in [0.5, 0.6) is 0 Å². The predicted molar refractivity (Wildman–Crippen MR) is 75.8 cm³/mol. The molecule has 108 valence electrons. The highest BCUT2D eigenvalue weighted by Gasteiger charge is 2.14. The molecule has 1 saturated carbocycles. The molecule has 1 aliphatic carbocycles. The van der Waals surface area contributed by atoms with Crippen molar-refractivity contribution in [2.45, 2.75) is 76.9 Å². The van der Waals surface area contributed by atoms with Gasteiger partial charge in [-0.1, -0.05) is 45.4 Å². The number of hydrogen-bond acceptors (Lipinski definition) is 3. The van der Waals surface area contributed by atoms with E-state index in [4.69, 9.17) is 4.74 Å². The molecule has 3 nitrogen and oxygen atoms in total. The van der Waals surface area contributed by atoms with Crippen molar-refractivity contribution in [3.63, 3.8) is 0 Å². The maximum Gasteiger partial charge on any atom is 0.0897 e. The van der Waals surface area contributed by atoms with E-state index in [-0.39, 0.29) is 6.10 Å². The lowest BCUT2D eigenvalue weighted by atomic mass is 9.95. The van der Waals surface area contributed by atoms with E-state index in [2.05, 4.69) is 12.2 Å². The van der Waals surface area contributed by atoms with Crippen LogP contribution in [-0.2, 0) is 4.74 Å². The van der Waals surface area contributed by atoms with Gasteiger partial charge in [0.2, 0.25) is 0 Å². The second-order valence-corrected chi connectivity index (χ2v) is 5.53. The van der Waals surface area contributed by atoms with Crippen molar-refractivity contribution < 1.29 is 9.84 Å². The third-order valence-corrected chi connectivity index (χ3v) is 3.70. The molecule has 2 N–H and O–H groups in total. The fourth-order valence-corrected chi connectivity index (χ4v) is 2.52. The predicted octanol–water partition coefficient (Wildman–Crippen LogP) is 2.87. The average Bonchev–Trinajstić information content (AvgIpc) is 2.41. The zero-order chi connectivity index (χ0) is 13.1. The molecule has 0 amide bonds. The molecule has 0 aromatic carbocycles. The third kappa shape index (κ3) is 8.06. The molecule has 0 heterocycles. The van der Waals surface area contributed by atoms with Crippen LogP contribution in [0.3, 0.4) is 0 Å². The molecule has 1 unspecified atom stereocenters. The van der Waals surface area contributed by atoms with Gasteiger partial charge in [-0.05, 0) is 19.3 Å². The van der Waals surface area contributed by atoms with Crippen molar-refractivity contribution in [1.82, 2.24) is 5.32 Å². The molecule has 0 saturated heterocycles. The van der Waals surface area contributed by atoms with Gasteiger partial charge in [-0.15, -0.1) is 0 Å². The van der Waals surface area contributed by atoms with Crippen molar-refractivity contribution >= 4 is 0 Å². The van der Waals surface area contributed by atoms with Crippen LogP contribution in [0, 0.1) is 0 Å². The highest BCUT2D eigenvalue weighted by molar-refractivity contribution is 4.73. The summed E-state index contributed by atoms with van der Waals surface area (Å²) in [6, 6.07) is 0.623. The van der Waals surface area contributed by atoms with E-state index >= 15 is 0 Å². The third-order valence-electron chi connectivity index (χ3n) is 3.70. The minimum Gasteiger partial charge on any atom is -0.389 e. The lowest BCUT2D eigenvalue weighted by Crippen LogP contribution is -2.38. The molecule has 1 atom stereocenters. The van der Waals surface area contributed by atoms with Crippen LogP contribution in [0.1, 0.15) is 64.7 Å². The second kappa shape index (κ2) is 10.8. The quantitative estimate of drug-likeness (QED) is 0.591. The number of rotatable bonds is 10. The van der Waals surface area contributed by atoms with E-state index < -0.39 is 0 Å². The second-order valence-electron chi connectivity index (χ2n) is 5.53. The molecule has 0 spiro atoms. The Morgan fingerprint density at radius 2 is 1.94 bits per heavy atom. The first kappa shape index (κ1) is 15.9. The Hall–Kier alpha value is -0.120. The Balaban J connectivity index is 1.88. The number of aliphatic hydroxyl groups is 1. The molecule has 0 bridgehead atoms. The first-order valence-electron chi connectivity index (χ1n) is 7.82. The Morgan fingerprint density at radius 3 is 2.67 bits per heavy atom. The maximum atomic E-state index is 9.80. The maximum absolute atomic E-state index is 9.80. The summed E-state index contributed by atoms with van der Waals surface area (Å²) in [5.74, 6) is 0. The Labute approximate surface area is 112 Å². The van der Waals surface area contributed by atoms with Gasteiger partial charge >= 0.3 is 0 Å². The summed E-state index contributed by atoms with van der Waals surface area (Å²) in [5.41, 5.74) is 0. The SMILES string of the molecule is CCCCCCOCC(O)CNC1CCCCC1.